The van der Waals surface area contributed by atoms with Crippen LogP contribution >= 0.6 is 0 Å². The van der Waals surface area contributed by atoms with E-state index in [9.17, 15) is 4.79 Å². The Morgan fingerprint density at radius 3 is 2.95 bits per heavy atom. The number of carboxylic acids is 1. The van der Waals surface area contributed by atoms with Gasteiger partial charge in [0.25, 0.3) is 0 Å². The molecule has 1 aliphatic rings. The Morgan fingerprint density at radius 2 is 2.26 bits per heavy atom. The molecule has 0 amide bonds. The second kappa shape index (κ2) is 5.97. The molecule has 2 rings (SSSR count). The van der Waals surface area contributed by atoms with Gasteiger partial charge >= 0.3 is 5.97 Å². The van der Waals surface area contributed by atoms with Gasteiger partial charge in [0.05, 0.1) is 12.4 Å². The molecule has 1 aliphatic heterocycles. The number of nitrogens with zero attached hydrogens (tertiary/aromatic N) is 4. The minimum absolute atomic E-state index is 0.00459. The molecule has 6 nitrogen and oxygen atoms in total. The van der Waals surface area contributed by atoms with Gasteiger partial charge in [0.1, 0.15) is 5.82 Å². The van der Waals surface area contributed by atoms with Crippen molar-refractivity contribution in [2.75, 3.05) is 31.6 Å². The molecule has 0 radical (unpaired) electrons. The molecular formula is C13H20N4O2. The van der Waals surface area contributed by atoms with Crippen LogP contribution in [0.5, 0.6) is 0 Å². The lowest BCUT2D eigenvalue weighted by atomic mass is 10.2. The summed E-state index contributed by atoms with van der Waals surface area (Å²) in [6.45, 7) is 5.06. The van der Waals surface area contributed by atoms with Crippen LogP contribution in [0.3, 0.4) is 0 Å². The topological polar surface area (TPSA) is 69.6 Å². The molecule has 1 aromatic rings. The molecule has 1 unspecified atom stereocenters. The third kappa shape index (κ3) is 3.20. The molecule has 1 aromatic heterocycles. The average molecular weight is 264 g/mol. The quantitative estimate of drug-likeness (QED) is 0.881. The minimum Gasteiger partial charge on any atom is -0.476 e. The highest BCUT2D eigenvalue weighted by Gasteiger charge is 2.23. The summed E-state index contributed by atoms with van der Waals surface area (Å²) in [5, 5.41) is 9.00. The normalized spacial score (nSPS) is 21.2. The molecule has 1 saturated heterocycles. The van der Waals surface area contributed by atoms with Gasteiger partial charge in [0.2, 0.25) is 0 Å². The Labute approximate surface area is 113 Å². The second-order valence-corrected chi connectivity index (χ2v) is 4.94. The van der Waals surface area contributed by atoms with Gasteiger partial charge in [-0.3, -0.25) is 4.98 Å². The Bertz CT molecular complexity index is 452. The fraction of sp³-hybridized carbons (Fsp3) is 0.615. The molecule has 0 aromatic carbocycles. The Morgan fingerprint density at radius 1 is 1.47 bits per heavy atom. The fourth-order valence-corrected chi connectivity index (χ4v) is 2.49. The van der Waals surface area contributed by atoms with Gasteiger partial charge in [0.15, 0.2) is 5.69 Å². The summed E-state index contributed by atoms with van der Waals surface area (Å²) in [5.74, 6) is -0.364. The maximum atomic E-state index is 11.0. The van der Waals surface area contributed by atoms with E-state index in [0.717, 1.165) is 32.5 Å². The molecule has 6 heteroatoms. The second-order valence-electron chi connectivity index (χ2n) is 4.94. The van der Waals surface area contributed by atoms with E-state index in [1.165, 1.54) is 6.20 Å². The maximum absolute atomic E-state index is 11.0. The molecule has 19 heavy (non-hydrogen) atoms. The van der Waals surface area contributed by atoms with Gasteiger partial charge in [-0.25, -0.2) is 9.78 Å². The summed E-state index contributed by atoms with van der Waals surface area (Å²) in [4.78, 5) is 23.7. The summed E-state index contributed by atoms with van der Waals surface area (Å²) in [6.07, 6.45) is 4.99. The van der Waals surface area contributed by atoms with Crippen molar-refractivity contribution >= 4 is 11.8 Å². The van der Waals surface area contributed by atoms with Crippen LogP contribution in [-0.2, 0) is 0 Å². The number of rotatable bonds is 3. The molecule has 104 valence electrons. The first kappa shape index (κ1) is 13.7. The molecule has 0 spiro atoms. The third-order valence-corrected chi connectivity index (χ3v) is 3.51. The summed E-state index contributed by atoms with van der Waals surface area (Å²) in [7, 11) is 2.12. The molecule has 0 aliphatic carbocycles. The monoisotopic (exact) mass is 264 g/mol. The van der Waals surface area contributed by atoms with Crippen molar-refractivity contribution < 1.29 is 9.90 Å². The summed E-state index contributed by atoms with van der Waals surface area (Å²) >= 11 is 0. The van der Waals surface area contributed by atoms with Crippen molar-refractivity contribution in [1.82, 2.24) is 14.9 Å². The Hall–Kier alpha value is -1.69. The van der Waals surface area contributed by atoms with Crippen LogP contribution in [0.1, 0.15) is 30.3 Å². The summed E-state index contributed by atoms with van der Waals surface area (Å²) in [5.41, 5.74) is 0.00459. The van der Waals surface area contributed by atoms with Crippen molar-refractivity contribution in [2.24, 2.45) is 0 Å². The largest absolute Gasteiger partial charge is 0.476 e. The van der Waals surface area contributed by atoms with E-state index in [2.05, 4.69) is 33.7 Å². The predicted molar refractivity (Wildman–Crippen MR) is 72.5 cm³/mol. The van der Waals surface area contributed by atoms with E-state index in [1.54, 1.807) is 6.20 Å². The van der Waals surface area contributed by atoms with Crippen LogP contribution in [0.4, 0.5) is 5.82 Å². The zero-order valence-corrected chi connectivity index (χ0v) is 11.4. The SMILES string of the molecule is CCC1CN(C)CCCN1c1cncc(C(=O)O)n1. The minimum atomic E-state index is -1.03. The molecule has 0 saturated carbocycles. The number of carbonyl (C=O) groups is 1. The molecule has 0 bridgehead atoms. The van der Waals surface area contributed by atoms with Crippen LogP contribution in [0.15, 0.2) is 12.4 Å². The summed E-state index contributed by atoms with van der Waals surface area (Å²) in [6, 6.07) is 0.353. The zero-order chi connectivity index (χ0) is 13.8. The molecule has 1 fully saturated rings. The molecule has 1 N–H and O–H groups in total. The van der Waals surface area contributed by atoms with Crippen molar-refractivity contribution in [2.45, 2.75) is 25.8 Å². The summed E-state index contributed by atoms with van der Waals surface area (Å²) < 4.78 is 0. The number of likely N-dealkylation sites (N-methyl/N-ethyl adjacent to an activating group) is 1. The first-order chi connectivity index (χ1) is 9.11. The molecular weight excluding hydrogens is 244 g/mol. The number of aromatic carboxylic acids is 1. The van der Waals surface area contributed by atoms with E-state index in [-0.39, 0.29) is 5.69 Å². The van der Waals surface area contributed by atoms with Crippen LogP contribution in [0, 0.1) is 0 Å². The lowest BCUT2D eigenvalue weighted by Crippen LogP contribution is -2.40. The standard InChI is InChI=1S/C13H20N4O2/c1-3-10-9-16(2)5-4-6-17(10)12-8-14-7-11(15-12)13(18)19/h7-8,10H,3-6,9H2,1-2H3,(H,18,19). The molecule has 1 atom stereocenters. The number of anilines is 1. The smallest absolute Gasteiger partial charge is 0.356 e. The highest BCUT2D eigenvalue weighted by molar-refractivity contribution is 5.85. The Kier molecular flexibility index (Phi) is 4.31. The van der Waals surface area contributed by atoms with Crippen molar-refractivity contribution in [3.63, 3.8) is 0 Å². The van der Waals surface area contributed by atoms with E-state index in [4.69, 9.17) is 5.11 Å². The van der Waals surface area contributed by atoms with Crippen LogP contribution in [0.25, 0.3) is 0 Å². The van der Waals surface area contributed by atoms with Gasteiger partial charge in [-0.1, -0.05) is 6.92 Å². The van der Waals surface area contributed by atoms with Gasteiger partial charge in [-0.2, -0.15) is 0 Å². The van der Waals surface area contributed by atoms with E-state index in [1.807, 2.05) is 0 Å². The highest BCUT2D eigenvalue weighted by Crippen LogP contribution is 2.19. The zero-order valence-electron chi connectivity index (χ0n) is 11.4. The highest BCUT2D eigenvalue weighted by atomic mass is 16.4. The molecule has 2 heterocycles. The van der Waals surface area contributed by atoms with E-state index in [0.29, 0.717) is 11.9 Å². The van der Waals surface area contributed by atoms with Gasteiger partial charge in [-0.05, 0) is 26.4 Å². The van der Waals surface area contributed by atoms with Crippen LogP contribution in [-0.4, -0.2) is 58.7 Å². The number of hydrogen-bond acceptors (Lipinski definition) is 5. The van der Waals surface area contributed by atoms with Crippen molar-refractivity contribution in [3.8, 4) is 0 Å². The number of carboxylic acid groups (broad SMARTS) is 1. The number of aromatic nitrogens is 2. The van der Waals surface area contributed by atoms with Gasteiger partial charge in [0, 0.05) is 19.1 Å². The van der Waals surface area contributed by atoms with E-state index < -0.39 is 5.97 Å². The van der Waals surface area contributed by atoms with Crippen LogP contribution in [0.2, 0.25) is 0 Å². The lowest BCUT2D eigenvalue weighted by molar-refractivity contribution is 0.0690. The number of hydrogen-bond donors (Lipinski definition) is 1. The predicted octanol–water partition coefficient (Wildman–Crippen LogP) is 1.10. The van der Waals surface area contributed by atoms with Crippen molar-refractivity contribution in [1.29, 1.82) is 0 Å². The Balaban J connectivity index is 2.27. The van der Waals surface area contributed by atoms with Gasteiger partial charge in [-0.15, -0.1) is 0 Å². The first-order valence-electron chi connectivity index (χ1n) is 6.62. The third-order valence-electron chi connectivity index (χ3n) is 3.51. The average Bonchev–Trinajstić information content (AvgIpc) is 2.60. The van der Waals surface area contributed by atoms with Gasteiger partial charge < -0.3 is 14.9 Å². The van der Waals surface area contributed by atoms with E-state index >= 15 is 0 Å². The maximum Gasteiger partial charge on any atom is 0.356 e. The lowest BCUT2D eigenvalue weighted by Gasteiger charge is -2.31. The fourth-order valence-electron chi connectivity index (χ4n) is 2.49. The van der Waals surface area contributed by atoms with Crippen LogP contribution < -0.4 is 4.90 Å². The first-order valence-corrected chi connectivity index (χ1v) is 6.62. The van der Waals surface area contributed by atoms with Crippen molar-refractivity contribution in [3.05, 3.63) is 18.1 Å².